The fourth-order valence-corrected chi connectivity index (χ4v) is 3.07. The molecule has 1 fully saturated rings. The van der Waals surface area contributed by atoms with Gasteiger partial charge in [0.05, 0.1) is 25.7 Å². The second-order valence-corrected chi connectivity index (χ2v) is 6.39. The van der Waals surface area contributed by atoms with E-state index in [9.17, 15) is 8.78 Å². The van der Waals surface area contributed by atoms with E-state index in [0.29, 0.717) is 25.2 Å². The number of hydrogen-bond acceptors (Lipinski definition) is 3. The second-order valence-electron chi connectivity index (χ2n) is 6.39. The number of rotatable bonds is 2. The number of aliphatic hydroxyl groups excluding tert-OH is 1. The van der Waals surface area contributed by atoms with Crippen LogP contribution in [0.25, 0.3) is 0 Å². The van der Waals surface area contributed by atoms with Crippen molar-refractivity contribution in [3.8, 4) is 11.8 Å². The smallest absolute Gasteiger partial charge is 0.261 e. The van der Waals surface area contributed by atoms with Crippen LogP contribution in [0.3, 0.4) is 0 Å². The lowest BCUT2D eigenvalue weighted by atomic mass is 9.66. The minimum absolute atomic E-state index is 0.0394. The topological polar surface area (TPSA) is 38.7 Å². The Morgan fingerprint density at radius 3 is 2.64 bits per heavy atom. The van der Waals surface area contributed by atoms with Crippen molar-refractivity contribution in [2.75, 3.05) is 19.8 Å². The van der Waals surface area contributed by atoms with Gasteiger partial charge >= 0.3 is 0 Å². The van der Waals surface area contributed by atoms with Crippen LogP contribution < -0.4 is 0 Å². The van der Waals surface area contributed by atoms with Crippen LogP contribution in [-0.4, -0.2) is 37.1 Å². The highest BCUT2D eigenvalue weighted by molar-refractivity contribution is 5.36. The first-order valence-corrected chi connectivity index (χ1v) is 7.37. The monoisotopic (exact) mass is 312 g/mol. The Labute approximate surface area is 130 Å². The molecule has 1 spiro atoms. The molecule has 0 saturated carbocycles. The minimum atomic E-state index is -2.61. The van der Waals surface area contributed by atoms with Crippen molar-refractivity contribution in [1.29, 1.82) is 0 Å². The zero-order chi connectivity index (χ0) is 16.4. The van der Waals surface area contributed by atoms with E-state index in [1.54, 1.807) is 13.0 Å². The fourth-order valence-electron chi connectivity index (χ4n) is 3.07. The molecule has 3 nitrogen and oxygen atoms in total. The summed E-state index contributed by atoms with van der Waals surface area (Å²) in [6.07, 6.45) is 0.850. The second kappa shape index (κ2) is 6.49. The molecule has 0 aromatic heterocycles. The minimum Gasteiger partial charge on any atom is -0.392 e. The van der Waals surface area contributed by atoms with Gasteiger partial charge in [0.25, 0.3) is 6.43 Å². The number of ether oxygens (including phenoxy) is 2. The Bertz CT molecular complexity index is 532. The predicted octanol–water partition coefficient (Wildman–Crippen LogP) is 2.91. The summed E-state index contributed by atoms with van der Waals surface area (Å²) in [7, 11) is 0. The molecule has 1 aliphatic carbocycles. The van der Waals surface area contributed by atoms with Gasteiger partial charge in [0, 0.05) is 12.0 Å². The molecule has 22 heavy (non-hydrogen) atoms. The third kappa shape index (κ3) is 3.57. The Morgan fingerprint density at radius 2 is 2.09 bits per heavy atom. The highest BCUT2D eigenvalue weighted by atomic mass is 19.3. The molecule has 1 unspecified atom stereocenters. The van der Waals surface area contributed by atoms with Crippen molar-refractivity contribution >= 4 is 0 Å². The maximum Gasteiger partial charge on any atom is 0.261 e. The van der Waals surface area contributed by atoms with Crippen LogP contribution in [0.5, 0.6) is 0 Å². The van der Waals surface area contributed by atoms with Crippen molar-refractivity contribution in [2.45, 2.75) is 39.4 Å². The summed E-state index contributed by atoms with van der Waals surface area (Å²) in [5.74, 6) is 4.20. The summed E-state index contributed by atoms with van der Waals surface area (Å²) in [5, 5.41) is 8.85. The lowest BCUT2D eigenvalue weighted by Gasteiger charge is -2.43. The van der Waals surface area contributed by atoms with Crippen LogP contribution in [-0.2, 0) is 9.47 Å². The average molecular weight is 312 g/mol. The largest absolute Gasteiger partial charge is 0.392 e. The fraction of sp³-hybridized carbons (Fsp3) is 0.647. The Kier molecular flexibility index (Phi) is 5.06. The van der Waals surface area contributed by atoms with E-state index in [0.717, 1.165) is 0 Å². The van der Waals surface area contributed by atoms with Crippen molar-refractivity contribution in [2.24, 2.45) is 11.3 Å². The van der Waals surface area contributed by atoms with Crippen LogP contribution in [0.4, 0.5) is 8.78 Å². The summed E-state index contributed by atoms with van der Waals surface area (Å²) in [4.78, 5) is 0. The van der Waals surface area contributed by atoms with E-state index in [2.05, 4.69) is 11.8 Å². The van der Waals surface area contributed by atoms with Gasteiger partial charge in [-0.25, -0.2) is 8.78 Å². The van der Waals surface area contributed by atoms with Gasteiger partial charge in [0.15, 0.2) is 5.79 Å². The summed E-state index contributed by atoms with van der Waals surface area (Å²) in [6, 6.07) is 0. The molecule has 0 bridgehead atoms. The molecular weight excluding hydrogens is 290 g/mol. The third-order valence-corrected chi connectivity index (χ3v) is 4.04. The normalized spacial score (nSPS) is 26.8. The SMILES string of the molecule is CC(C#CC1C(C(F)F)=CC2(CC1(C)C)OCCO2)=CCO. The van der Waals surface area contributed by atoms with Crippen molar-refractivity contribution < 1.29 is 23.4 Å². The molecule has 0 radical (unpaired) electrons. The first kappa shape index (κ1) is 17.1. The highest BCUT2D eigenvalue weighted by Crippen LogP contribution is 2.49. The molecule has 0 aromatic rings. The van der Waals surface area contributed by atoms with Crippen LogP contribution in [0.2, 0.25) is 0 Å². The van der Waals surface area contributed by atoms with E-state index in [1.807, 2.05) is 13.8 Å². The third-order valence-electron chi connectivity index (χ3n) is 4.04. The van der Waals surface area contributed by atoms with E-state index in [1.165, 1.54) is 6.08 Å². The molecule has 0 amide bonds. The van der Waals surface area contributed by atoms with Gasteiger partial charge in [-0.15, -0.1) is 0 Å². The Hall–Kier alpha value is -1.22. The van der Waals surface area contributed by atoms with Gasteiger partial charge in [0.1, 0.15) is 0 Å². The van der Waals surface area contributed by atoms with E-state index < -0.39 is 23.5 Å². The average Bonchev–Trinajstić information content (AvgIpc) is 2.84. The lowest BCUT2D eigenvalue weighted by Crippen LogP contribution is -2.44. The van der Waals surface area contributed by atoms with E-state index >= 15 is 0 Å². The molecule has 2 aliphatic rings. The molecule has 0 aromatic carbocycles. The van der Waals surface area contributed by atoms with Gasteiger partial charge in [-0.2, -0.15) is 0 Å². The van der Waals surface area contributed by atoms with Crippen LogP contribution >= 0.6 is 0 Å². The zero-order valence-corrected chi connectivity index (χ0v) is 13.2. The molecule has 1 N–H and O–H groups in total. The summed E-state index contributed by atoms with van der Waals surface area (Å²) in [5.41, 5.74) is 0.125. The molecular formula is C17H22F2O3. The molecule has 1 atom stereocenters. The molecule has 1 aliphatic heterocycles. The number of hydrogen-bond donors (Lipinski definition) is 1. The maximum atomic E-state index is 13.5. The van der Waals surface area contributed by atoms with E-state index in [4.69, 9.17) is 14.6 Å². The van der Waals surface area contributed by atoms with Crippen LogP contribution in [0.1, 0.15) is 27.2 Å². The standard InChI is InChI=1S/C17H22F2O3/c1-12(6-7-20)4-5-14-13(15(18)19)10-17(11-16(14,2)3)21-8-9-22-17/h6,10,14-15,20H,7-9,11H2,1-3H3. The number of allylic oxidation sites excluding steroid dienone is 2. The number of aliphatic hydroxyl groups is 1. The molecule has 122 valence electrons. The van der Waals surface area contributed by atoms with Crippen molar-refractivity contribution in [3.05, 3.63) is 23.3 Å². The van der Waals surface area contributed by atoms with E-state index in [-0.39, 0.29) is 12.2 Å². The number of halogens is 2. The van der Waals surface area contributed by atoms with Crippen LogP contribution in [0, 0.1) is 23.2 Å². The Balaban J connectivity index is 2.40. The van der Waals surface area contributed by atoms with Crippen LogP contribution in [0.15, 0.2) is 23.3 Å². The summed E-state index contributed by atoms with van der Waals surface area (Å²) in [6.45, 7) is 6.27. The zero-order valence-electron chi connectivity index (χ0n) is 13.2. The van der Waals surface area contributed by atoms with Gasteiger partial charge in [0.2, 0.25) is 0 Å². The van der Waals surface area contributed by atoms with Gasteiger partial charge < -0.3 is 14.6 Å². The molecule has 1 saturated heterocycles. The highest BCUT2D eigenvalue weighted by Gasteiger charge is 2.50. The Morgan fingerprint density at radius 1 is 1.45 bits per heavy atom. The lowest BCUT2D eigenvalue weighted by molar-refractivity contribution is -0.151. The first-order valence-electron chi connectivity index (χ1n) is 7.37. The maximum absolute atomic E-state index is 13.5. The van der Waals surface area contributed by atoms with Crippen molar-refractivity contribution in [3.63, 3.8) is 0 Å². The molecule has 5 heteroatoms. The van der Waals surface area contributed by atoms with Gasteiger partial charge in [-0.05, 0) is 30.1 Å². The number of alkyl halides is 2. The van der Waals surface area contributed by atoms with Crippen molar-refractivity contribution in [1.82, 2.24) is 0 Å². The first-order chi connectivity index (χ1) is 10.3. The van der Waals surface area contributed by atoms with Gasteiger partial charge in [-0.3, -0.25) is 0 Å². The quantitative estimate of drug-likeness (QED) is 0.629. The summed E-state index contributed by atoms with van der Waals surface area (Å²) >= 11 is 0. The predicted molar refractivity (Wildman–Crippen MR) is 79.2 cm³/mol. The molecule has 2 rings (SSSR count). The summed E-state index contributed by atoms with van der Waals surface area (Å²) < 4.78 is 38.2. The molecule has 1 heterocycles. The van der Waals surface area contributed by atoms with Gasteiger partial charge in [-0.1, -0.05) is 25.7 Å².